The fourth-order valence-electron chi connectivity index (χ4n) is 3.92. The first kappa shape index (κ1) is 16.8. The molecular formula is C20H19N3O2S. The van der Waals surface area contributed by atoms with Gasteiger partial charge in [-0.1, -0.05) is 12.1 Å². The van der Waals surface area contributed by atoms with Crippen LogP contribution in [0.4, 0.5) is 5.69 Å². The molecule has 0 aliphatic carbocycles. The number of phenolic OH excluding ortho intramolecular Hbond substituents is 1. The Morgan fingerprint density at radius 3 is 2.88 bits per heavy atom. The van der Waals surface area contributed by atoms with Gasteiger partial charge in [-0.15, -0.1) is 0 Å². The molecule has 2 N–H and O–H groups in total. The van der Waals surface area contributed by atoms with Crippen molar-refractivity contribution in [3.05, 3.63) is 53.6 Å². The van der Waals surface area contributed by atoms with Gasteiger partial charge in [0.05, 0.1) is 12.1 Å². The molecule has 1 unspecified atom stereocenters. The number of nitriles is 1. The van der Waals surface area contributed by atoms with Gasteiger partial charge in [-0.2, -0.15) is 5.26 Å². The van der Waals surface area contributed by atoms with Crippen LogP contribution < -0.4 is 5.32 Å². The Hall–Kier alpha value is -2.65. The van der Waals surface area contributed by atoms with E-state index in [-0.39, 0.29) is 23.7 Å². The number of phenols is 1. The van der Waals surface area contributed by atoms with Gasteiger partial charge in [-0.05, 0) is 66.1 Å². The highest BCUT2D eigenvalue weighted by Gasteiger charge is 2.36. The van der Waals surface area contributed by atoms with E-state index in [4.69, 9.17) is 5.26 Å². The summed E-state index contributed by atoms with van der Waals surface area (Å²) >= 11 is 1.13. The second-order valence-corrected chi connectivity index (χ2v) is 7.53. The van der Waals surface area contributed by atoms with Crippen molar-refractivity contribution in [2.45, 2.75) is 36.2 Å². The summed E-state index contributed by atoms with van der Waals surface area (Å²) in [4.78, 5) is 15.3. The summed E-state index contributed by atoms with van der Waals surface area (Å²) in [6, 6.07) is 13.2. The number of benzene rings is 2. The van der Waals surface area contributed by atoms with E-state index in [1.165, 1.54) is 0 Å². The molecule has 26 heavy (non-hydrogen) atoms. The molecule has 2 atom stereocenters. The van der Waals surface area contributed by atoms with Crippen LogP contribution in [0.15, 0.2) is 47.4 Å². The van der Waals surface area contributed by atoms with Crippen molar-refractivity contribution >= 4 is 23.4 Å². The molecule has 2 aromatic rings. The largest absolute Gasteiger partial charge is 0.508 e. The first-order chi connectivity index (χ1) is 12.7. The van der Waals surface area contributed by atoms with Crippen molar-refractivity contribution in [1.29, 1.82) is 5.26 Å². The van der Waals surface area contributed by atoms with E-state index in [2.05, 4.69) is 10.7 Å². The maximum Gasteiger partial charge on any atom is 0.223 e. The number of thiocyanates is 1. The minimum absolute atomic E-state index is 0.0162. The van der Waals surface area contributed by atoms with E-state index < -0.39 is 0 Å². The average molecular weight is 365 g/mol. The number of thioether (sulfide) groups is 1. The van der Waals surface area contributed by atoms with E-state index in [1.54, 1.807) is 12.1 Å². The van der Waals surface area contributed by atoms with Crippen LogP contribution in [0.3, 0.4) is 0 Å². The standard InChI is InChI=1S/C20H19N3O2S/c21-12-26-15-6-7-17-16(10-15)19(23-8-2-5-20(23)25)11-18(22-17)13-3-1-4-14(24)9-13/h1,3-4,6-7,9-10,18-19,22,24H,2,5,8,11H2/t18?,19-/m0/s1. The van der Waals surface area contributed by atoms with Gasteiger partial charge in [0.25, 0.3) is 0 Å². The number of carbonyl (C=O) groups excluding carboxylic acids is 1. The topological polar surface area (TPSA) is 76.4 Å². The highest BCUT2D eigenvalue weighted by Crippen LogP contribution is 2.44. The monoisotopic (exact) mass is 365 g/mol. The quantitative estimate of drug-likeness (QED) is 0.630. The normalized spacial score (nSPS) is 21.8. The lowest BCUT2D eigenvalue weighted by molar-refractivity contribution is -0.130. The molecule has 1 amide bonds. The number of carbonyl (C=O) groups is 1. The van der Waals surface area contributed by atoms with Crippen LogP contribution in [0.2, 0.25) is 0 Å². The molecule has 0 radical (unpaired) electrons. The van der Waals surface area contributed by atoms with Crippen LogP contribution in [0.1, 0.15) is 42.5 Å². The Bertz CT molecular complexity index is 893. The van der Waals surface area contributed by atoms with E-state index >= 15 is 0 Å². The first-order valence-electron chi connectivity index (χ1n) is 8.70. The third-order valence-corrected chi connectivity index (χ3v) is 5.67. The lowest BCUT2D eigenvalue weighted by Crippen LogP contribution is -2.35. The third kappa shape index (κ3) is 3.11. The van der Waals surface area contributed by atoms with Gasteiger partial charge >= 0.3 is 0 Å². The zero-order chi connectivity index (χ0) is 18.1. The van der Waals surface area contributed by atoms with E-state index in [9.17, 15) is 9.90 Å². The molecule has 2 heterocycles. The molecule has 0 bridgehead atoms. The Kier molecular flexibility index (Phi) is 4.48. The SMILES string of the molecule is N#CSc1ccc2c(c1)[C@@H](N1CCCC1=O)CC(c1cccc(O)c1)N2. The predicted molar refractivity (Wildman–Crippen MR) is 101 cm³/mol. The molecule has 6 heteroatoms. The molecular weight excluding hydrogens is 346 g/mol. The van der Waals surface area contributed by atoms with Gasteiger partial charge in [-0.3, -0.25) is 4.79 Å². The highest BCUT2D eigenvalue weighted by atomic mass is 32.2. The molecule has 2 aliphatic rings. The number of amides is 1. The Morgan fingerprint density at radius 1 is 1.27 bits per heavy atom. The van der Waals surface area contributed by atoms with Gasteiger partial charge in [0.2, 0.25) is 5.91 Å². The number of hydrogen-bond acceptors (Lipinski definition) is 5. The molecule has 4 rings (SSSR count). The summed E-state index contributed by atoms with van der Waals surface area (Å²) < 4.78 is 0. The number of hydrogen-bond donors (Lipinski definition) is 2. The summed E-state index contributed by atoms with van der Waals surface area (Å²) in [7, 11) is 0. The number of likely N-dealkylation sites (tertiary alicyclic amines) is 1. The Labute approximate surface area is 156 Å². The molecule has 1 saturated heterocycles. The second-order valence-electron chi connectivity index (χ2n) is 6.68. The van der Waals surface area contributed by atoms with Gasteiger partial charge in [0, 0.05) is 23.5 Å². The van der Waals surface area contributed by atoms with Crippen LogP contribution in [0.5, 0.6) is 5.75 Å². The number of fused-ring (bicyclic) bond motifs is 1. The summed E-state index contributed by atoms with van der Waals surface area (Å²) in [5.41, 5.74) is 3.05. The fourth-order valence-corrected chi connectivity index (χ4v) is 4.34. The van der Waals surface area contributed by atoms with Crippen LogP contribution in [-0.2, 0) is 4.79 Å². The molecule has 2 aromatic carbocycles. The van der Waals surface area contributed by atoms with Gasteiger partial charge < -0.3 is 15.3 Å². The molecule has 132 valence electrons. The zero-order valence-electron chi connectivity index (χ0n) is 14.2. The van der Waals surface area contributed by atoms with Crippen LogP contribution in [0.25, 0.3) is 0 Å². The lowest BCUT2D eigenvalue weighted by atomic mass is 9.88. The number of rotatable bonds is 3. The van der Waals surface area contributed by atoms with Crippen molar-refractivity contribution in [3.8, 4) is 11.2 Å². The summed E-state index contributed by atoms with van der Waals surface area (Å²) in [6.45, 7) is 0.769. The maximum atomic E-state index is 12.4. The predicted octanol–water partition coefficient (Wildman–Crippen LogP) is 4.19. The first-order valence-corrected chi connectivity index (χ1v) is 9.52. The van der Waals surface area contributed by atoms with Gasteiger partial charge in [0.1, 0.15) is 11.2 Å². The highest BCUT2D eigenvalue weighted by molar-refractivity contribution is 8.03. The minimum Gasteiger partial charge on any atom is -0.508 e. The van der Waals surface area contributed by atoms with Crippen molar-refractivity contribution in [2.75, 3.05) is 11.9 Å². The number of aromatic hydroxyl groups is 1. The zero-order valence-corrected chi connectivity index (χ0v) is 15.0. The minimum atomic E-state index is -0.0205. The average Bonchev–Trinajstić information content (AvgIpc) is 3.07. The molecule has 2 aliphatic heterocycles. The number of nitrogens with zero attached hydrogens (tertiary/aromatic N) is 2. The van der Waals surface area contributed by atoms with Gasteiger partial charge in [0.15, 0.2) is 0 Å². The Morgan fingerprint density at radius 2 is 2.15 bits per heavy atom. The van der Waals surface area contributed by atoms with Crippen molar-refractivity contribution in [3.63, 3.8) is 0 Å². The van der Waals surface area contributed by atoms with Crippen molar-refractivity contribution in [1.82, 2.24) is 4.90 Å². The van der Waals surface area contributed by atoms with Crippen LogP contribution >= 0.6 is 11.8 Å². The smallest absolute Gasteiger partial charge is 0.223 e. The maximum absolute atomic E-state index is 12.4. The molecule has 0 aromatic heterocycles. The molecule has 0 spiro atoms. The number of anilines is 1. The molecule has 5 nitrogen and oxygen atoms in total. The fraction of sp³-hybridized carbons (Fsp3) is 0.300. The van der Waals surface area contributed by atoms with Gasteiger partial charge in [-0.25, -0.2) is 0 Å². The van der Waals surface area contributed by atoms with Crippen LogP contribution in [-0.4, -0.2) is 22.5 Å². The van der Waals surface area contributed by atoms with E-state index in [0.717, 1.165) is 52.9 Å². The summed E-state index contributed by atoms with van der Waals surface area (Å²) in [5.74, 6) is 0.431. The van der Waals surface area contributed by atoms with Crippen molar-refractivity contribution in [2.24, 2.45) is 0 Å². The van der Waals surface area contributed by atoms with E-state index in [0.29, 0.717) is 6.42 Å². The third-order valence-electron chi connectivity index (χ3n) is 5.09. The Balaban J connectivity index is 1.74. The lowest BCUT2D eigenvalue weighted by Gasteiger charge is -2.38. The van der Waals surface area contributed by atoms with Crippen LogP contribution in [0, 0.1) is 10.7 Å². The number of nitrogens with one attached hydrogen (secondary N) is 1. The molecule has 1 fully saturated rings. The molecule has 0 saturated carbocycles. The van der Waals surface area contributed by atoms with E-state index in [1.807, 2.05) is 35.2 Å². The summed E-state index contributed by atoms with van der Waals surface area (Å²) in [6.07, 6.45) is 2.23. The summed E-state index contributed by atoms with van der Waals surface area (Å²) in [5, 5.41) is 24.4. The van der Waals surface area contributed by atoms with Crippen molar-refractivity contribution < 1.29 is 9.90 Å². The second kappa shape index (κ2) is 6.93.